The summed E-state index contributed by atoms with van der Waals surface area (Å²) in [7, 11) is 1.49. The minimum atomic E-state index is -1.15. The summed E-state index contributed by atoms with van der Waals surface area (Å²) in [4.78, 5) is 13.4. The lowest BCUT2D eigenvalue weighted by atomic mass is 10.1. The Balaban J connectivity index is 2.20. The number of amides is 1. The molecule has 0 bridgehead atoms. The molecule has 0 radical (unpaired) electrons. The van der Waals surface area contributed by atoms with E-state index in [9.17, 15) is 13.6 Å². The first-order valence-corrected chi connectivity index (χ1v) is 6.21. The van der Waals surface area contributed by atoms with Crippen LogP contribution in [0.2, 0.25) is 0 Å². The number of carbonyl (C=O) groups excluding carboxylic acids is 1. The van der Waals surface area contributed by atoms with E-state index in [-0.39, 0.29) is 12.1 Å². The first-order valence-electron chi connectivity index (χ1n) is 6.21. The first kappa shape index (κ1) is 14.7. The van der Waals surface area contributed by atoms with E-state index in [2.05, 4.69) is 0 Å². The van der Waals surface area contributed by atoms with Gasteiger partial charge in [-0.25, -0.2) is 8.78 Å². The average molecular weight is 286 g/mol. The summed E-state index contributed by atoms with van der Waals surface area (Å²) in [5.74, 6) is -2.82. The summed E-state index contributed by atoms with van der Waals surface area (Å²) in [6.45, 7) is 0.199. The van der Waals surface area contributed by atoms with Gasteiger partial charge in [-0.1, -0.05) is 18.2 Å². The lowest BCUT2D eigenvalue weighted by molar-refractivity contribution is 0.0779. The van der Waals surface area contributed by atoms with Crippen LogP contribution in [0.5, 0.6) is 0 Å². The Morgan fingerprint density at radius 1 is 1.24 bits per heavy atom. The Morgan fingerprint density at radius 3 is 2.67 bits per heavy atom. The van der Waals surface area contributed by atoms with Crippen molar-refractivity contribution in [1.29, 1.82) is 5.26 Å². The molecule has 0 heterocycles. The number of rotatable bonds is 3. The number of nitriles is 1. The zero-order valence-corrected chi connectivity index (χ0v) is 11.3. The maximum atomic E-state index is 13.6. The maximum absolute atomic E-state index is 13.6. The highest BCUT2D eigenvalue weighted by atomic mass is 19.2. The van der Waals surface area contributed by atoms with Gasteiger partial charge in [-0.2, -0.15) is 5.26 Å². The zero-order chi connectivity index (χ0) is 15.4. The SMILES string of the molecule is CN(Cc1cccc(C#N)c1)C(=O)c1cccc(F)c1F. The lowest BCUT2D eigenvalue weighted by Crippen LogP contribution is -2.27. The summed E-state index contributed by atoms with van der Waals surface area (Å²) in [6, 6.07) is 12.2. The van der Waals surface area contributed by atoms with Gasteiger partial charge in [0.1, 0.15) is 0 Å². The molecule has 0 spiro atoms. The van der Waals surface area contributed by atoms with Crippen LogP contribution in [0.4, 0.5) is 8.78 Å². The van der Waals surface area contributed by atoms with E-state index in [1.165, 1.54) is 24.1 Å². The third-order valence-corrected chi connectivity index (χ3v) is 3.00. The summed E-state index contributed by atoms with van der Waals surface area (Å²) in [6.07, 6.45) is 0. The predicted molar refractivity (Wildman–Crippen MR) is 73.3 cm³/mol. The minimum Gasteiger partial charge on any atom is -0.337 e. The van der Waals surface area contributed by atoms with Gasteiger partial charge in [0.2, 0.25) is 0 Å². The van der Waals surface area contributed by atoms with Crippen LogP contribution in [-0.4, -0.2) is 17.9 Å². The van der Waals surface area contributed by atoms with Crippen molar-refractivity contribution < 1.29 is 13.6 Å². The van der Waals surface area contributed by atoms with Gasteiger partial charge in [-0.15, -0.1) is 0 Å². The number of carbonyl (C=O) groups is 1. The molecule has 0 unspecified atom stereocenters. The first-order chi connectivity index (χ1) is 10.0. The van der Waals surface area contributed by atoms with E-state index in [0.717, 1.165) is 11.6 Å². The van der Waals surface area contributed by atoms with Crippen molar-refractivity contribution in [1.82, 2.24) is 4.90 Å². The third kappa shape index (κ3) is 3.23. The molecular weight excluding hydrogens is 274 g/mol. The van der Waals surface area contributed by atoms with Gasteiger partial charge in [0.25, 0.3) is 5.91 Å². The quantitative estimate of drug-likeness (QED) is 0.870. The fraction of sp³-hybridized carbons (Fsp3) is 0.125. The van der Waals surface area contributed by atoms with Crippen LogP contribution in [0, 0.1) is 23.0 Å². The molecule has 2 aromatic carbocycles. The number of nitrogens with zero attached hydrogens (tertiary/aromatic N) is 2. The van der Waals surface area contributed by atoms with Crippen LogP contribution in [0.25, 0.3) is 0 Å². The van der Waals surface area contributed by atoms with E-state index < -0.39 is 17.5 Å². The van der Waals surface area contributed by atoms with Crippen molar-refractivity contribution in [2.45, 2.75) is 6.54 Å². The monoisotopic (exact) mass is 286 g/mol. The largest absolute Gasteiger partial charge is 0.337 e. The number of benzene rings is 2. The molecule has 21 heavy (non-hydrogen) atoms. The Labute approximate surface area is 121 Å². The fourth-order valence-corrected chi connectivity index (χ4v) is 1.96. The van der Waals surface area contributed by atoms with Crippen LogP contribution >= 0.6 is 0 Å². The highest BCUT2D eigenvalue weighted by Crippen LogP contribution is 2.15. The number of hydrogen-bond donors (Lipinski definition) is 0. The standard InChI is InChI=1S/C16H12F2N2O/c1-20(10-12-5-2-4-11(8-12)9-19)16(21)13-6-3-7-14(17)15(13)18/h2-8H,10H2,1H3. The van der Waals surface area contributed by atoms with Gasteiger partial charge in [-0.3, -0.25) is 4.79 Å². The molecule has 1 amide bonds. The summed E-state index contributed by atoms with van der Waals surface area (Å²) in [5, 5.41) is 8.83. The van der Waals surface area contributed by atoms with Crippen molar-refractivity contribution in [3.8, 4) is 6.07 Å². The molecule has 0 saturated carbocycles. The molecule has 3 nitrogen and oxygen atoms in total. The van der Waals surface area contributed by atoms with E-state index in [0.29, 0.717) is 5.56 Å². The highest BCUT2D eigenvalue weighted by molar-refractivity contribution is 5.94. The molecule has 0 aliphatic rings. The molecule has 0 aliphatic carbocycles. The van der Waals surface area contributed by atoms with Gasteiger partial charge in [0, 0.05) is 13.6 Å². The zero-order valence-electron chi connectivity index (χ0n) is 11.3. The Hall–Kier alpha value is -2.74. The summed E-state index contributed by atoms with van der Waals surface area (Å²) >= 11 is 0. The van der Waals surface area contributed by atoms with Crippen molar-refractivity contribution in [2.24, 2.45) is 0 Å². The molecule has 0 atom stereocenters. The number of hydrogen-bond acceptors (Lipinski definition) is 2. The Kier molecular flexibility index (Phi) is 4.29. The Bertz CT molecular complexity index is 722. The molecule has 5 heteroatoms. The molecule has 2 rings (SSSR count). The van der Waals surface area contributed by atoms with Crippen molar-refractivity contribution in [2.75, 3.05) is 7.05 Å². The number of halogens is 2. The minimum absolute atomic E-state index is 0.199. The van der Waals surface area contributed by atoms with Crippen molar-refractivity contribution >= 4 is 5.91 Å². The average Bonchev–Trinajstić information content (AvgIpc) is 2.49. The van der Waals surface area contributed by atoms with Gasteiger partial charge in [0.05, 0.1) is 17.2 Å². The Morgan fingerprint density at radius 2 is 1.95 bits per heavy atom. The fourth-order valence-electron chi connectivity index (χ4n) is 1.96. The van der Waals surface area contributed by atoms with Crippen molar-refractivity contribution in [3.63, 3.8) is 0 Å². The van der Waals surface area contributed by atoms with E-state index >= 15 is 0 Å². The third-order valence-electron chi connectivity index (χ3n) is 3.00. The van der Waals surface area contributed by atoms with Crippen LogP contribution in [-0.2, 0) is 6.54 Å². The second kappa shape index (κ2) is 6.14. The molecule has 2 aromatic rings. The molecule has 106 valence electrons. The highest BCUT2D eigenvalue weighted by Gasteiger charge is 2.18. The maximum Gasteiger partial charge on any atom is 0.256 e. The van der Waals surface area contributed by atoms with Crippen LogP contribution < -0.4 is 0 Å². The summed E-state index contributed by atoms with van der Waals surface area (Å²) in [5.41, 5.74) is 0.904. The van der Waals surface area contributed by atoms with Gasteiger partial charge in [-0.05, 0) is 29.8 Å². The topological polar surface area (TPSA) is 44.1 Å². The predicted octanol–water partition coefficient (Wildman–Crippen LogP) is 3.11. The normalized spacial score (nSPS) is 10.0. The molecule has 0 aromatic heterocycles. The molecular formula is C16H12F2N2O. The second-order valence-electron chi connectivity index (χ2n) is 4.57. The van der Waals surface area contributed by atoms with Crippen LogP contribution in [0.15, 0.2) is 42.5 Å². The van der Waals surface area contributed by atoms with E-state index in [1.807, 2.05) is 6.07 Å². The van der Waals surface area contributed by atoms with Gasteiger partial charge >= 0.3 is 0 Å². The van der Waals surface area contributed by atoms with Crippen LogP contribution in [0.1, 0.15) is 21.5 Å². The molecule has 0 aliphatic heterocycles. The van der Waals surface area contributed by atoms with Gasteiger partial charge in [0.15, 0.2) is 11.6 Å². The van der Waals surface area contributed by atoms with E-state index in [1.54, 1.807) is 24.3 Å². The lowest BCUT2D eigenvalue weighted by Gasteiger charge is -2.18. The van der Waals surface area contributed by atoms with Gasteiger partial charge < -0.3 is 4.90 Å². The smallest absolute Gasteiger partial charge is 0.256 e. The van der Waals surface area contributed by atoms with Crippen molar-refractivity contribution in [3.05, 3.63) is 70.8 Å². The molecule has 0 saturated heterocycles. The van der Waals surface area contributed by atoms with E-state index in [4.69, 9.17) is 5.26 Å². The summed E-state index contributed by atoms with van der Waals surface area (Å²) < 4.78 is 26.8. The van der Waals surface area contributed by atoms with Crippen LogP contribution in [0.3, 0.4) is 0 Å². The second-order valence-corrected chi connectivity index (χ2v) is 4.57. The molecule has 0 N–H and O–H groups in total. The molecule has 0 fully saturated rings.